The molecular formula is C18H17ClN2O3. The lowest BCUT2D eigenvalue weighted by molar-refractivity contribution is 0.0181. The average Bonchev–Trinajstić information content (AvgIpc) is 2.59. The van der Waals surface area contributed by atoms with Crippen molar-refractivity contribution in [1.82, 2.24) is 9.78 Å². The first kappa shape index (κ1) is 16.6. The van der Waals surface area contributed by atoms with Gasteiger partial charge in [0.25, 0.3) is 5.56 Å². The number of fused-ring (bicyclic) bond motifs is 1. The zero-order chi connectivity index (χ0) is 16.9. The van der Waals surface area contributed by atoms with E-state index in [1.54, 1.807) is 24.4 Å². The fourth-order valence-electron chi connectivity index (χ4n) is 2.43. The molecule has 1 N–H and O–H groups in total. The molecule has 2 aromatic carbocycles. The molecule has 0 bridgehead atoms. The molecular weight excluding hydrogens is 328 g/mol. The highest BCUT2D eigenvalue weighted by atomic mass is 35.5. The number of aromatic nitrogens is 2. The highest BCUT2D eigenvalue weighted by molar-refractivity contribution is 6.31. The van der Waals surface area contributed by atoms with Crippen molar-refractivity contribution in [3.05, 3.63) is 75.7 Å². The Morgan fingerprint density at radius 2 is 1.92 bits per heavy atom. The zero-order valence-electron chi connectivity index (χ0n) is 12.9. The van der Waals surface area contributed by atoms with E-state index in [2.05, 4.69) is 5.10 Å². The minimum Gasteiger partial charge on any atom is -0.389 e. The number of halogens is 1. The van der Waals surface area contributed by atoms with E-state index in [-0.39, 0.29) is 18.7 Å². The van der Waals surface area contributed by atoms with E-state index in [4.69, 9.17) is 16.3 Å². The van der Waals surface area contributed by atoms with Crippen molar-refractivity contribution in [2.45, 2.75) is 19.3 Å². The summed E-state index contributed by atoms with van der Waals surface area (Å²) < 4.78 is 6.74. The van der Waals surface area contributed by atoms with Gasteiger partial charge in [0.2, 0.25) is 0 Å². The molecule has 0 radical (unpaired) electrons. The van der Waals surface area contributed by atoms with Crippen molar-refractivity contribution >= 4 is 22.4 Å². The van der Waals surface area contributed by atoms with Gasteiger partial charge in [0, 0.05) is 10.4 Å². The van der Waals surface area contributed by atoms with Gasteiger partial charge in [-0.1, -0.05) is 48.0 Å². The molecule has 1 heterocycles. The molecule has 0 saturated carbocycles. The number of ether oxygens (including phenoxy) is 1. The molecule has 6 heteroatoms. The third-order valence-corrected chi connectivity index (χ3v) is 4.04. The number of nitrogens with zero attached hydrogens (tertiary/aromatic N) is 2. The van der Waals surface area contributed by atoms with E-state index < -0.39 is 6.10 Å². The van der Waals surface area contributed by atoms with Gasteiger partial charge < -0.3 is 9.84 Å². The van der Waals surface area contributed by atoms with Gasteiger partial charge >= 0.3 is 0 Å². The Hall–Kier alpha value is -2.21. The van der Waals surface area contributed by atoms with Crippen molar-refractivity contribution in [2.24, 2.45) is 0 Å². The summed E-state index contributed by atoms with van der Waals surface area (Å²) in [6.07, 6.45) is 0.785. The van der Waals surface area contributed by atoms with Crippen LogP contribution in [0.15, 0.2) is 59.5 Å². The van der Waals surface area contributed by atoms with Crippen LogP contribution in [0.4, 0.5) is 0 Å². The molecule has 0 aliphatic rings. The summed E-state index contributed by atoms with van der Waals surface area (Å²) in [7, 11) is 0. The monoisotopic (exact) mass is 344 g/mol. The van der Waals surface area contributed by atoms with Crippen LogP contribution >= 0.6 is 11.6 Å². The number of aliphatic hydroxyl groups is 1. The standard InChI is InChI=1S/C18H17ClN2O3/c19-17-8-4-2-6-14(17)11-24-12-15(22)10-21-18(23)16-7-3-1-5-13(16)9-20-21/h1-9,15,22H,10-12H2/t15-/m0/s1. The highest BCUT2D eigenvalue weighted by Crippen LogP contribution is 2.15. The predicted octanol–water partition coefficient (Wildman–Crippen LogP) is 2.63. The second-order valence-corrected chi connectivity index (χ2v) is 5.89. The lowest BCUT2D eigenvalue weighted by Crippen LogP contribution is -2.31. The summed E-state index contributed by atoms with van der Waals surface area (Å²) in [5.41, 5.74) is 0.630. The van der Waals surface area contributed by atoms with Gasteiger partial charge in [-0.25, -0.2) is 4.68 Å². The van der Waals surface area contributed by atoms with Gasteiger partial charge in [-0.05, 0) is 17.7 Å². The molecule has 1 aromatic heterocycles. The Morgan fingerprint density at radius 1 is 1.17 bits per heavy atom. The third-order valence-electron chi connectivity index (χ3n) is 3.67. The van der Waals surface area contributed by atoms with Crippen LogP contribution in [0, 0.1) is 0 Å². The minimum atomic E-state index is -0.834. The molecule has 5 nitrogen and oxygen atoms in total. The van der Waals surface area contributed by atoms with Gasteiger partial charge in [0.1, 0.15) is 0 Å². The molecule has 3 rings (SSSR count). The summed E-state index contributed by atoms with van der Waals surface area (Å²) in [5, 5.41) is 16.2. The second kappa shape index (κ2) is 7.57. The quantitative estimate of drug-likeness (QED) is 0.746. The van der Waals surface area contributed by atoms with Crippen LogP contribution in [0.5, 0.6) is 0 Å². The van der Waals surface area contributed by atoms with Crippen molar-refractivity contribution in [1.29, 1.82) is 0 Å². The summed E-state index contributed by atoms with van der Waals surface area (Å²) in [5.74, 6) is 0. The molecule has 0 aliphatic carbocycles. The first-order valence-electron chi connectivity index (χ1n) is 7.59. The zero-order valence-corrected chi connectivity index (χ0v) is 13.7. The number of aliphatic hydroxyl groups excluding tert-OH is 1. The Bertz CT molecular complexity index is 895. The summed E-state index contributed by atoms with van der Waals surface area (Å²) >= 11 is 6.05. The Kier molecular flexibility index (Phi) is 5.25. The van der Waals surface area contributed by atoms with Crippen LogP contribution in [0.2, 0.25) is 5.02 Å². The van der Waals surface area contributed by atoms with Crippen LogP contribution in [-0.2, 0) is 17.9 Å². The van der Waals surface area contributed by atoms with E-state index in [1.165, 1.54) is 4.68 Å². The predicted molar refractivity (Wildman–Crippen MR) is 93.1 cm³/mol. The van der Waals surface area contributed by atoms with Gasteiger partial charge in [-0.3, -0.25) is 4.79 Å². The molecule has 1 atom stereocenters. The molecule has 3 aromatic rings. The van der Waals surface area contributed by atoms with Crippen molar-refractivity contribution in [3.8, 4) is 0 Å². The molecule has 0 aliphatic heterocycles. The summed E-state index contributed by atoms with van der Waals surface area (Å²) in [6.45, 7) is 0.467. The van der Waals surface area contributed by atoms with E-state index >= 15 is 0 Å². The van der Waals surface area contributed by atoms with E-state index in [0.717, 1.165) is 10.9 Å². The maximum atomic E-state index is 12.3. The maximum Gasteiger partial charge on any atom is 0.274 e. The normalized spacial score (nSPS) is 12.4. The molecule has 124 valence electrons. The molecule has 0 fully saturated rings. The maximum absolute atomic E-state index is 12.3. The summed E-state index contributed by atoms with van der Waals surface area (Å²) in [6, 6.07) is 14.6. The van der Waals surface area contributed by atoms with Gasteiger partial charge in [0.05, 0.1) is 37.4 Å². The number of benzene rings is 2. The molecule has 0 spiro atoms. The number of hydrogen-bond acceptors (Lipinski definition) is 4. The van der Waals surface area contributed by atoms with E-state index in [1.807, 2.05) is 30.3 Å². The van der Waals surface area contributed by atoms with Crippen molar-refractivity contribution in [3.63, 3.8) is 0 Å². The van der Waals surface area contributed by atoms with Gasteiger partial charge in [-0.15, -0.1) is 0 Å². The smallest absolute Gasteiger partial charge is 0.274 e. The lowest BCUT2D eigenvalue weighted by atomic mass is 10.2. The Morgan fingerprint density at radius 3 is 2.75 bits per heavy atom. The Balaban J connectivity index is 1.61. The average molecular weight is 345 g/mol. The summed E-state index contributed by atoms with van der Waals surface area (Å²) in [4.78, 5) is 12.3. The first-order chi connectivity index (χ1) is 11.6. The first-order valence-corrected chi connectivity index (χ1v) is 7.97. The van der Waals surface area contributed by atoms with E-state index in [9.17, 15) is 9.90 Å². The third kappa shape index (κ3) is 3.82. The topological polar surface area (TPSA) is 64.4 Å². The van der Waals surface area contributed by atoms with Crippen LogP contribution in [0.3, 0.4) is 0 Å². The second-order valence-electron chi connectivity index (χ2n) is 5.48. The SMILES string of the molecule is O=c1c2ccccc2cnn1C[C@H](O)COCc1ccccc1Cl. The van der Waals surface area contributed by atoms with Crippen LogP contribution < -0.4 is 5.56 Å². The molecule has 24 heavy (non-hydrogen) atoms. The van der Waals surface area contributed by atoms with Crippen LogP contribution in [-0.4, -0.2) is 27.6 Å². The number of hydrogen-bond donors (Lipinski definition) is 1. The van der Waals surface area contributed by atoms with Crippen molar-refractivity contribution < 1.29 is 9.84 Å². The largest absolute Gasteiger partial charge is 0.389 e. The van der Waals surface area contributed by atoms with Crippen LogP contribution in [0.25, 0.3) is 10.8 Å². The number of rotatable bonds is 6. The Labute approximate surface area is 144 Å². The van der Waals surface area contributed by atoms with Crippen molar-refractivity contribution in [2.75, 3.05) is 6.61 Å². The lowest BCUT2D eigenvalue weighted by Gasteiger charge is -2.13. The van der Waals surface area contributed by atoms with Crippen LogP contribution in [0.1, 0.15) is 5.56 Å². The fraction of sp³-hybridized carbons (Fsp3) is 0.222. The molecule has 0 unspecified atom stereocenters. The minimum absolute atomic E-state index is 0.0756. The molecule has 0 amide bonds. The van der Waals surface area contributed by atoms with Gasteiger partial charge in [0.15, 0.2) is 0 Å². The molecule has 0 saturated heterocycles. The van der Waals surface area contributed by atoms with Gasteiger partial charge in [-0.2, -0.15) is 5.10 Å². The fourth-order valence-corrected chi connectivity index (χ4v) is 2.62. The highest BCUT2D eigenvalue weighted by Gasteiger charge is 2.10. The van der Waals surface area contributed by atoms with E-state index in [0.29, 0.717) is 17.0 Å².